The van der Waals surface area contributed by atoms with Crippen LogP contribution >= 0.6 is 31.9 Å². The molecule has 0 spiro atoms. The Labute approximate surface area is 95.4 Å². The highest BCUT2D eigenvalue weighted by atomic mass is 79.9. The zero-order chi connectivity index (χ0) is 10.2. The van der Waals surface area contributed by atoms with E-state index >= 15 is 0 Å². The van der Waals surface area contributed by atoms with Crippen molar-refractivity contribution in [2.75, 3.05) is 0 Å². The molecule has 13 heavy (non-hydrogen) atoms. The zero-order valence-corrected chi connectivity index (χ0v) is 11.1. The molecule has 0 bridgehead atoms. The number of aliphatic hydroxyl groups excluding tert-OH is 1. The molecular formula is C10H12Br2O. The van der Waals surface area contributed by atoms with E-state index in [0.29, 0.717) is 0 Å². The molecule has 0 saturated heterocycles. The largest absolute Gasteiger partial charge is 0.392 e. The highest BCUT2D eigenvalue weighted by Crippen LogP contribution is 2.34. The van der Waals surface area contributed by atoms with E-state index in [0.717, 1.165) is 25.6 Å². The second kappa shape index (κ2) is 4.11. The molecular weight excluding hydrogens is 296 g/mol. The van der Waals surface area contributed by atoms with Crippen LogP contribution in [0, 0.1) is 20.8 Å². The first-order valence-corrected chi connectivity index (χ1v) is 5.63. The van der Waals surface area contributed by atoms with Crippen molar-refractivity contribution in [2.45, 2.75) is 27.4 Å². The molecule has 1 rings (SSSR count). The lowest BCUT2D eigenvalue weighted by atomic mass is 10.0. The Bertz CT molecular complexity index is 316. The lowest BCUT2D eigenvalue weighted by Crippen LogP contribution is -1.98. The lowest BCUT2D eigenvalue weighted by molar-refractivity contribution is 0.280. The second-order valence-corrected chi connectivity index (χ2v) is 4.73. The van der Waals surface area contributed by atoms with Crippen molar-refractivity contribution in [3.63, 3.8) is 0 Å². The fourth-order valence-corrected chi connectivity index (χ4v) is 2.58. The monoisotopic (exact) mass is 306 g/mol. The molecule has 0 fully saturated rings. The summed E-state index contributed by atoms with van der Waals surface area (Å²) in [4.78, 5) is 0. The molecule has 0 aliphatic rings. The van der Waals surface area contributed by atoms with Gasteiger partial charge in [0.05, 0.1) is 6.61 Å². The zero-order valence-electron chi connectivity index (χ0n) is 7.91. The Morgan fingerprint density at radius 3 is 1.62 bits per heavy atom. The lowest BCUT2D eigenvalue weighted by Gasteiger charge is -2.14. The van der Waals surface area contributed by atoms with Crippen molar-refractivity contribution < 1.29 is 5.11 Å². The van der Waals surface area contributed by atoms with Crippen LogP contribution in [0.15, 0.2) is 8.95 Å². The van der Waals surface area contributed by atoms with Crippen molar-refractivity contribution in [2.24, 2.45) is 0 Å². The minimum atomic E-state index is 0.0924. The summed E-state index contributed by atoms with van der Waals surface area (Å²) in [5.74, 6) is 0. The molecule has 1 nitrogen and oxygen atoms in total. The van der Waals surface area contributed by atoms with Crippen LogP contribution in [0.1, 0.15) is 22.3 Å². The molecule has 0 amide bonds. The molecule has 0 aliphatic heterocycles. The Morgan fingerprint density at radius 2 is 1.31 bits per heavy atom. The number of aliphatic hydroxyl groups is 1. The van der Waals surface area contributed by atoms with E-state index in [1.165, 1.54) is 5.56 Å². The van der Waals surface area contributed by atoms with Gasteiger partial charge in [0.15, 0.2) is 0 Å². The van der Waals surface area contributed by atoms with Gasteiger partial charge in [0.2, 0.25) is 0 Å². The SMILES string of the molecule is Cc1c(Br)c(C)c(CO)c(C)c1Br. The Hall–Kier alpha value is 0.140. The van der Waals surface area contributed by atoms with Gasteiger partial charge in [-0.05, 0) is 43.0 Å². The maximum atomic E-state index is 9.20. The Kier molecular flexibility index (Phi) is 3.55. The van der Waals surface area contributed by atoms with Gasteiger partial charge >= 0.3 is 0 Å². The van der Waals surface area contributed by atoms with E-state index in [2.05, 4.69) is 38.8 Å². The highest BCUT2D eigenvalue weighted by molar-refractivity contribution is 9.11. The summed E-state index contributed by atoms with van der Waals surface area (Å²) in [6.07, 6.45) is 0. The normalized spacial score (nSPS) is 10.6. The van der Waals surface area contributed by atoms with Gasteiger partial charge in [-0.15, -0.1) is 0 Å². The van der Waals surface area contributed by atoms with E-state index in [1.807, 2.05) is 13.8 Å². The number of halogens is 2. The third kappa shape index (κ3) is 1.83. The van der Waals surface area contributed by atoms with Crippen LogP contribution in [0.5, 0.6) is 0 Å². The fraction of sp³-hybridized carbons (Fsp3) is 0.400. The maximum absolute atomic E-state index is 9.20. The van der Waals surface area contributed by atoms with Crippen LogP contribution < -0.4 is 0 Å². The summed E-state index contributed by atoms with van der Waals surface area (Å²) in [5, 5.41) is 9.20. The van der Waals surface area contributed by atoms with Crippen LogP contribution in [0.3, 0.4) is 0 Å². The fourth-order valence-electron chi connectivity index (χ4n) is 1.44. The summed E-state index contributed by atoms with van der Waals surface area (Å²) in [7, 11) is 0. The number of hydrogen-bond donors (Lipinski definition) is 1. The van der Waals surface area contributed by atoms with Crippen molar-refractivity contribution in [1.29, 1.82) is 0 Å². The van der Waals surface area contributed by atoms with Gasteiger partial charge < -0.3 is 5.11 Å². The summed E-state index contributed by atoms with van der Waals surface area (Å²) in [6, 6.07) is 0. The highest BCUT2D eigenvalue weighted by Gasteiger charge is 2.12. The van der Waals surface area contributed by atoms with Crippen LogP contribution in [0.2, 0.25) is 0 Å². The first-order chi connectivity index (χ1) is 6.00. The summed E-state index contributed by atoms with van der Waals surface area (Å²) < 4.78 is 2.16. The van der Waals surface area contributed by atoms with Gasteiger partial charge in [0, 0.05) is 8.95 Å². The van der Waals surface area contributed by atoms with Crippen molar-refractivity contribution in [3.8, 4) is 0 Å². The predicted molar refractivity (Wildman–Crippen MR) is 62.0 cm³/mol. The third-order valence-electron chi connectivity index (χ3n) is 2.38. The summed E-state index contributed by atoms with van der Waals surface area (Å²) in [5.41, 5.74) is 4.44. The quantitative estimate of drug-likeness (QED) is 0.840. The van der Waals surface area contributed by atoms with Crippen LogP contribution in [0.4, 0.5) is 0 Å². The van der Waals surface area contributed by atoms with Gasteiger partial charge in [-0.25, -0.2) is 0 Å². The van der Waals surface area contributed by atoms with Gasteiger partial charge in [-0.3, -0.25) is 0 Å². The predicted octanol–water partition coefficient (Wildman–Crippen LogP) is 3.63. The first kappa shape index (κ1) is 11.2. The van der Waals surface area contributed by atoms with E-state index < -0.39 is 0 Å². The molecule has 1 N–H and O–H groups in total. The minimum Gasteiger partial charge on any atom is -0.392 e. The maximum Gasteiger partial charge on any atom is 0.0687 e. The Balaban J connectivity index is 3.56. The molecule has 0 aliphatic carbocycles. The molecule has 72 valence electrons. The molecule has 0 aromatic heterocycles. The van der Waals surface area contributed by atoms with E-state index in [9.17, 15) is 5.11 Å². The van der Waals surface area contributed by atoms with E-state index in [-0.39, 0.29) is 6.61 Å². The molecule has 1 aromatic rings. The number of benzene rings is 1. The van der Waals surface area contributed by atoms with Gasteiger partial charge in [0.1, 0.15) is 0 Å². The van der Waals surface area contributed by atoms with Gasteiger partial charge in [-0.1, -0.05) is 31.9 Å². The van der Waals surface area contributed by atoms with E-state index in [4.69, 9.17) is 0 Å². The second-order valence-electron chi connectivity index (χ2n) is 3.14. The molecule has 0 unspecified atom stereocenters. The first-order valence-electron chi connectivity index (χ1n) is 4.05. The topological polar surface area (TPSA) is 20.2 Å². The standard InChI is InChI=1S/C10H12Br2O/c1-5-8(4-13)6(2)10(12)7(3)9(5)11/h13H,4H2,1-3H3. The average Bonchev–Trinajstić information content (AvgIpc) is 2.13. The van der Waals surface area contributed by atoms with E-state index in [1.54, 1.807) is 0 Å². The molecule has 3 heteroatoms. The van der Waals surface area contributed by atoms with Crippen LogP contribution in [-0.2, 0) is 6.61 Å². The molecule has 1 aromatic carbocycles. The third-order valence-corrected chi connectivity index (χ3v) is 4.76. The van der Waals surface area contributed by atoms with Gasteiger partial charge in [0.25, 0.3) is 0 Å². The minimum absolute atomic E-state index is 0.0924. The number of rotatable bonds is 1. The van der Waals surface area contributed by atoms with Crippen LogP contribution in [0.25, 0.3) is 0 Å². The summed E-state index contributed by atoms with van der Waals surface area (Å²) >= 11 is 7.03. The van der Waals surface area contributed by atoms with Gasteiger partial charge in [-0.2, -0.15) is 0 Å². The smallest absolute Gasteiger partial charge is 0.0687 e. The van der Waals surface area contributed by atoms with Crippen molar-refractivity contribution in [3.05, 3.63) is 31.2 Å². The Morgan fingerprint density at radius 1 is 0.923 bits per heavy atom. The number of hydrogen-bond acceptors (Lipinski definition) is 1. The average molecular weight is 308 g/mol. The molecule has 0 radical (unpaired) electrons. The molecule has 0 heterocycles. The van der Waals surface area contributed by atoms with Crippen molar-refractivity contribution in [1.82, 2.24) is 0 Å². The van der Waals surface area contributed by atoms with Crippen molar-refractivity contribution >= 4 is 31.9 Å². The molecule has 0 saturated carbocycles. The summed E-state index contributed by atoms with van der Waals surface area (Å²) in [6.45, 7) is 6.18. The van der Waals surface area contributed by atoms with Crippen LogP contribution in [-0.4, -0.2) is 5.11 Å². The molecule has 0 atom stereocenters.